The summed E-state index contributed by atoms with van der Waals surface area (Å²) in [7, 11) is 1.37. The molecule has 9 aliphatic rings. The predicted octanol–water partition coefficient (Wildman–Crippen LogP) is -22.9. The van der Waals surface area contributed by atoms with Crippen molar-refractivity contribution in [1.29, 1.82) is 0 Å². The van der Waals surface area contributed by atoms with Crippen LogP contribution in [0.2, 0.25) is 0 Å². The molecule has 45 atom stereocenters. The minimum absolute atomic E-state index is 0.187. The molecule has 4 amide bonds. The third kappa shape index (κ3) is 31.0. The van der Waals surface area contributed by atoms with E-state index in [2.05, 4.69) is 21.3 Å². The molecule has 9 rings (SSSR count). The van der Waals surface area contributed by atoms with Gasteiger partial charge in [-0.15, -0.1) is 0 Å². The lowest BCUT2D eigenvalue weighted by molar-refractivity contribution is -0.366. The van der Waals surface area contributed by atoms with Crippen molar-refractivity contribution in [1.82, 2.24) is 21.3 Å². The Morgan fingerprint density at radius 1 is 0.232 bits per heavy atom. The van der Waals surface area contributed by atoms with Gasteiger partial charge < -0.3 is 279 Å². The number of carbonyl (C=O) groups excluding carboxylic acids is 4. The Labute approximate surface area is 785 Å². The Hall–Kier alpha value is -4.20. The second kappa shape index (κ2) is 56.6. The van der Waals surface area contributed by atoms with E-state index < -0.39 is 444 Å². The lowest BCUT2D eigenvalue weighted by atomic mass is 9.92. The van der Waals surface area contributed by atoms with Crippen molar-refractivity contribution in [3.05, 3.63) is 0 Å². The quantitative estimate of drug-likeness (QED) is 0.0252. The van der Waals surface area contributed by atoms with Gasteiger partial charge >= 0.3 is 0 Å². The molecule has 60 nitrogen and oxygen atoms in total. The molecule has 60 heteroatoms. The summed E-state index contributed by atoms with van der Waals surface area (Å²) in [6.07, 6.45) is -84.5. The lowest BCUT2D eigenvalue weighted by Crippen LogP contribution is -2.65. The van der Waals surface area contributed by atoms with Crippen LogP contribution in [0.4, 0.5) is 0 Å². The Kier molecular flexibility index (Phi) is 48.2. The highest BCUT2D eigenvalue weighted by Crippen LogP contribution is 2.37. The van der Waals surface area contributed by atoms with Gasteiger partial charge in [-0.3, -0.25) is 19.2 Å². The molecule has 0 aliphatic carbocycles. The van der Waals surface area contributed by atoms with E-state index in [1.54, 1.807) is 0 Å². The molecule has 0 bridgehead atoms. The maximum Gasteiger partial charge on any atom is 0.222 e. The highest BCUT2D eigenvalue weighted by molar-refractivity contribution is 5.77. The summed E-state index contributed by atoms with van der Waals surface area (Å²) < 4.78 is 125. The first-order valence-electron chi connectivity index (χ1n) is 44.6. The fourth-order valence-electron chi connectivity index (χ4n) is 15.8. The van der Waals surface area contributed by atoms with E-state index in [-0.39, 0.29) is 39.3 Å². The standard InChI is InChI=1S/C78H136N4O56/c1-79-38(89)2-9-117-25-78(26-118-10-3-39(90)80-6-13-121-72-63(114)66(136-75-60(111)54(105)45(96)32(19-86)130-75)48(99)35(133-72)22-124-69-57(108)51(102)42(93)29(16-83)127-69,27-119-11-4-40(91)81-7-14-122-73-64(115)67(137-76-61(112)55(106)46(97)33(20-87)131-76)49(100)36(134-73)23-125-70-58(109)52(103)43(94)30(17-84)128-70)28-120-12-5-41(92)82-8-15-123-74-65(116)68(138-77-62(113)56(107)47(98)34(21-88)132-77)50(101)37(135-74)24-126-71-59(110)53(104)44(95)31(18-85)129-71/h29-37,42-77,83-88,93-116H,2-28H2,1H3,(H,79,89)(H,80,90)(H,81,91)(H,82,92). The van der Waals surface area contributed by atoms with Gasteiger partial charge in [0, 0.05) is 52.4 Å². The van der Waals surface area contributed by atoms with Crippen LogP contribution in [0.15, 0.2) is 0 Å². The number of ether oxygens (including phenoxy) is 22. The summed E-state index contributed by atoms with van der Waals surface area (Å²) in [4.78, 5) is 53.0. The Bertz CT molecular complexity index is 3190. The van der Waals surface area contributed by atoms with Crippen LogP contribution in [0.25, 0.3) is 0 Å². The molecule has 0 aromatic heterocycles. The second-order valence-corrected chi connectivity index (χ2v) is 34.1. The monoisotopic (exact) mass is 2020 g/mol. The van der Waals surface area contributed by atoms with E-state index in [0.717, 1.165) is 0 Å². The van der Waals surface area contributed by atoms with Crippen molar-refractivity contribution in [2.45, 2.75) is 302 Å². The number of carbonyl (C=O) groups is 4. The van der Waals surface area contributed by atoms with Gasteiger partial charge in [0.05, 0.1) is 138 Å². The van der Waals surface area contributed by atoms with E-state index >= 15 is 0 Å². The summed E-state index contributed by atoms with van der Waals surface area (Å²) in [6.45, 7) is -13.3. The van der Waals surface area contributed by atoms with Crippen LogP contribution in [-0.2, 0) is 123 Å². The highest BCUT2D eigenvalue weighted by Gasteiger charge is 2.58. The number of aliphatic hydroxyl groups excluding tert-OH is 30. The van der Waals surface area contributed by atoms with Crippen molar-refractivity contribution in [2.24, 2.45) is 5.41 Å². The van der Waals surface area contributed by atoms with Crippen LogP contribution >= 0.6 is 0 Å². The van der Waals surface area contributed by atoms with Gasteiger partial charge in [0.1, 0.15) is 220 Å². The van der Waals surface area contributed by atoms with E-state index in [9.17, 15) is 172 Å². The smallest absolute Gasteiger partial charge is 0.222 e. The van der Waals surface area contributed by atoms with E-state index in [4.69, 9.17) is 104 Å². The maximum atomic E-state index is 13.5. The molecule has 9 aliphatic heterocycles. The van der Waals surface area contributed by atoms with Gasteiger partial charge in [-0.1, -0.05) is 0 Å². The molecule has 34 N–H and O–H groups in total. The molecule has 0 radical (unpaired) electrons. The van der Waals surface area contributed by atoms with Gasteiger partial charge in [-0.2, -0.15) is 0 Å². The second-order valence-electron chi connectivity index (χ2n) is 34.1. The molecule has 0 saturated carbocycles. The van der Waals surface area contributed by atoms with Crippen LogP contribution in [0.3, 0.4) is 0 Å². The average Bonchev–Trinajstić information content (AvgIpc) is 0.785. The van der Waals surface area contributed by atoms with Crippen LogP contribution in [-0.4, -0.2) is 612 Å². The number of aliphatic hydroxyl groups is 30. The molecule has 0 spiro atoms. The number of rotatable bonds is 53. The predicted molar refractivity (Wildman–Crippen MR) is 432 cm³/mol. The van der Waals surface area contributed by atoms with Crippen molar-refractivity contribution in [3.63, 3.8) is 0 Å². The van der Waals surface area contributed by atoms with Crippen LogP contribution in [0.1, 0.15) is 25.7 Å². The molecular weight excluding hydrogens is 1890 g/mol. The fourth-order valence-corrected chi connectivity index (χ4v) is 15.8. The molecule has 9 saturated heterocycles. The van der Waals surface area contributed by atoms with E-state index in [0.29, 0.717) is 0 Å². The first-order valence-corrected chi connectivity index (χ1v) is 44.6. The third-order valence-electron chi connectivity index (χ3n) is 24.1. The summed E-state index contributed by atoms with van der Waals surface area (Å²) in [5, 5.41) is 327. The molecule has 45 unspecified atom stereocenters. The van der Waals surface area contributed by atoms with Gasteiger partial charge in [-0.25, -0.2) is 0 Å². The van der Waals surface area contributed by atoms with Crippen molar-refractivity contribution < 1.29 is 277 Å². The fraction of sp³-hybridized carbons (Fsp3) is 0.949. The molecule has 0 aromatic carbocycles. The van der Waals surface area contributed by atoms with Gasteiger partial charge in [0.15, 0.2) is 56.6 Å². The summed E-state index contributed by atoms with van der Waals surface area (Å²) in [5.74, 6) is -2.56. The van der Waals surface area contributed by atoms with Gasteiger partial charge in [-0.05, 0) is 0 Å². The Balaban J connectivity index is 0.839. The topological polar surface area (TPSA) is 926 Å². The summed E-state index contributed by atoms with van der Waals surface area (Å²) in [6, 6.07) is 0. The number of nitrogens with one attached hydrogen (secondary N) is 4. The first kappa shape index (κ1) is 117. The lowest BCUT2D eigenvalue weighted by Gasteiger charge is -2.46. The molecule has 9 fully saturated rings. The molecule has 138 heavy (non-hydrogen) atoms. The number of hydrogen-bond acceptors (Lipinski definition) is 56. The number of amides is 4. The average molecular weight is 2030 g/mol. The zero-order valence-electron chi connectivity index (χ0n) is 74.6. The maximum absolute atomic E-state index is 13.5. The highest BCUT2D eigenvalue weighted by atomic mass is 16.8. The minimum Gasteiger partial charge on any atom is -0.394 e. The van der Waals surface area contributed by atoms with Crippen LogP contribution < -0.4 is 21.3 Å². The molecule has 804 valence electrons. The molecule has 0 aromatic rings. The SMILES string of the molecule is CNC(=O)CCOCC(COCCC(=O)NCCOC1OC(COC2OC(CO)C(O)C(O)C2O)C(O)C(OC2OC(CO)C(O)C(O)C2O)C1O)(COCCC(=O)NCCOC1OC(COC2OC(CO)C(O)C(O)C2O)C(O)C(OC2OC(CO)C(O)C(O)C2O)C1O)COCCC(=O)NCCOC1OC(COC2OC(CO)C(O)C(O)C2O)C(O)C(OC2OC(CO)C(O)C(O)C2O)C1O. The van der Waals surface area contributed by atoms with Crippen molar-refractivity contribution in [3.8, 4) is 0 Å². The minimum atomic E-state index is -2.06. The normalized spacial score (nSPS) is 42.4. The largest absolute Gasteiger partial charge is 0.394 e. The van der Waals surface area contributed by atoms with Crippen molar-refractivity contribution in [2.75, 3.05) is 159 Å². The Morgan fingerprint density at radius 2 is 0.428 bits per heavy atom. The van der Waals surface area contributed by atoms with Gasteiger partial charge in [0.25, 0.3) is 0 Å². The zero-order valence-corrected chi connectivity index (χ0v) is 74.6. The summed E-state index contributed by atoms with van der Waals surface area (Å²) >= 11 is 0. The third-order valence-corrected chi connectivity index (χ3v) is 24.1. The summed E-state index contributed by atoms with van der Waals surface area (Å²) in [5.41, 5.74) is -1.48. The van der Waals surface area contributed by atoms with Crippen molar-refractivity contribution >= 4 is 23.6 Å². The Morgan fingerprint density at radius 3 is 0.645 bits per heavy atom. The van der Waals surface area contributed by atoms with Gasteiger partial charge in [0.2, 0.25) is 23.6 Å². The van der Waals surface area contributed by atoms with E-state index in [1.807, 2.05) is 0 Å². The first-order chi connectivity index (χ1) is 65.7. The van der Waals surface area contributed by atoms with Crippen LogP contribution in [0.5, 0.6) is 0 Å². The molecule has 9 heterocycles. The van der Waals surface area contributed by atoms with E-state index in [1.165, 1.54) is 7.05 Å². The molecular formula is C78H136N4O56. The number of hydrogen-bond donors (Lipinski definition) is 34. The van der Waals surface area contributed by atoms with Crippen LogP contribution in [0, 0.1) is 5.41 Å². The zero-order chi connectivity index (χ0) is 101.